The van der Waals surface area contributed by atoms with Gasteiger partial charge in [0.2, 0.25) is 0 Å². The highest BCUT2D eigenvalue weighted by Gasteiger charge is 2.14. The molecule has 0 fully saturated rings. The van der Waals surface area contributed by atoms with Gasteiger partial charge in [0.1, 0.15) is 0 Å². The first-order valence-electron chi connectivity index (χ1n) is 5.71. The van der Waals surface area contributed by atoms with Crippen LogP contribution in [0.15, 0.2) is 18.2 Å². The summed E-state index contributed by atoms with van der Waals surface area (Å²) >= 11 is 0. The lowest BCUT2D eigenvalue weighted by Crippen LogP contribution is -2.24. The highest BCUT2D eigenvalue weighted by molar-refractivity contribution is 5.29. The van der Waals surface area contributed by atoms with Gasteiger partial charge in [-0.3, -0.25) is 0 Å². The summed E-state index contributed by atoms with van der Waals surface area (Å²) in [4.78, 5) is 0. The number of aryl methyl sites for hydroxylation is 3. The Morgan fingerprint density at radius 3 is 2.33 bits per heavy atom. The summed E-state index contributed by atoms with van der Waals surface area (Å²) in [5.41, 5.74) is 10.2. The van der Waals surface area contributed by atoms with Crippen molar-refractivity contribution < 1.29 is 0 Å². The van der Waals surface area contributed by atoms with Crippen molar-refractivity contribution in [3.63, 3.8) is 0 Å². The van der Waals surface area contributed by atoms with Crippen LogP contribution >= 0.6 is 0 Å². The highest BCUT2D eigenvalue weighted by Crippen LogP contribution is 2.21. The molecule has 1 aromatic rings. The Bertz CT molecular complexity index is 326. The number of nitrogens with two attached hydrogens (primary N) is 1. The number of hydrogen-bond acceptors (Lipinski definition) is 1. The lowest BCUT2D eigenvalue weighted by atomic mass is 9.86. The Morgan fingerprint density at radius 1 is 1.13 bits per heavy atom. The van der Waals surface area contributed by atoms with Crippen LogP contribution in [0.3, 0.4) is 0 Å². The first-order chi connectivity index (χ1) is 6.94. The monoisotopic (exact) mass is 205 g/mol. The van der Waals surface area contributed by atoms with E-state index < -0.39 is 0 Å². The maximum absolute atomic E-state index is 5.72. The van der Waals surface area contributed by atoms with Crippen LogP contribution in [-0.4, -0.2) is 6.54 Å². The summed E-state index contributed by atoms with van der Waals surface area (Å²) in [5.74, 6) is 0. The molecule has 0 spiro atoms. The van der Waals surface area contributed by atoms with Crippen LogP contribution < -0.4 is 5.73 Å². The molecule has 0 radical (unpaired) electrons. The van der Waals surface area contributed by atoms with Gasteiger partial charge in [0.15, 0.2) is 0 Å². The zero-order chi connectivity index (χ0) is 11.5. The molecule has 0 saturated carbocycles. The van der Waals surface area contributed by atoms with E-state index in [1.165, 1.54) is 16.7 Å². The average Bonchev–Trinajstić information content (AvgIpc) is 2.20. The van der Waals surface area contributed by atoms with Gasteiger partial charge >= 0.3 is 0 Å². The summed E-state index contributed by atoms with van der Waals surface area (Å²) in [6.07, 6.45) is 2.29. The van der Waals surface area contributed by atoms with Crippen molar-refractivity contribution in [2.45, 2.75) is 40.5 Å². The molecule has 0 aromatic heterocycles. The maximum atomic E-state index is 5.72. The third-order valence-electron chi connectivity index (χ3n) is 3.21. The Labute approximate surface area is 93.7 Å². The van der Waals surface area contributed by atoms with Crippen molar-refractivity contribution in [1.82, 2.24) is 0 Å². The van der Waals surface area contributed by atoms with E-state index in [0.717, 1.165) is 19.4 Å². The van der Waals surface area contributed by atoms with Crippen molar-refractivity contribution in [2.75, 3.05) is 6.54 Å². The molecule has 0 amide bonds. The summed E-state index contributed by atoms with van der Waals surface area (Å²) < 4.78 is 0. The number of hydrogen-bond donors (Lipinski definition) is 1. The molecule has 84 valence electrons. The van der Waals surface area contributed by atoms with Gasteiger partial charge in [-0.15, -0.1) is 0 Å². The van der Waals surface area contributed by atoms with E-state index in [4.69, 9.17) is 5.73 Å². The average molecular weight is 205 g/mol. The summed E-state index contributed by atoms with van der Waals surface area (Å²) in [7, 11) is 0. The van der Waals surface area contributed by atoms with Gasteiger partial charge < -0.3 is 5.73 Å². The molecule has 15 heavy (non-hydrogen) atoms. The zero-order valence-electron chi connectivity index (χ0n) is 10.4. The first kappa shape index (κ1) is 12.3. The van der Waals surface area contributed by atoms with Crippen LogP contribution in [0.1, 0.15) is 37.0 Å². The van der Waals surface area contributed by atoms with E-state index in [0.29, 0.717) is 0 Å². The minimum absolute atomic E-state index is 0.263. The predicted molar refractivity (Wildman–Crippen MR) is 67.1 cm³/mol. The molecule has 1 heteroatoms. The van der Waals surface area contributed by atoms with Gasteiger partial charge in [-0.05, 0) is 55.3 Å². The normalized spacial score (nSPS) is 11.8. The maximum Gasteiger partial charge on any atom is -0.00257 e. The van der Waals surface area contributed by atoms with Crippen LogP contribution in [0, 0.1) is 19.3 Å². The molecule has 0 heterocycles. The van der Waals surface area contributed by atoms with Crippen LogP contribution in [0.25, 0.3) is 0 Å². The first-order valence-corrected chi connectivity index (χ1v) is 5.71. The van der Waals surface area contributed by atoms with Gasteiger partial charge in [0, 0.05) is 0 Å². The molecule has 0 saturated heterocycles. The van der Waals surface area contributed by atoms with Crippen molar-refractivity contribution >= 4 is 0 Å². The summed E-state index contributed by atoms with van der Waals surface area (Å²) in [6.45, 7) is 9.55. The van der Waals surface area contributed by atoms with Gasteiger partial charge in [0.25, 0.3) is 0 Å². The minimum Gasteiger partial charge on any atom is -0.330 e. The van der Waals surface area contributed by atoms with Crippen molar-refractivity contribution in [1.29, 1.82) is 0 Å². The van der Waals surface area contributed by atoms with E-state index in [9.17, 15) is 0 Å². The molecule has 0 aliphatic rings. The highest BCUT2D eigenvalue weighted by atomic mass is 14.6. The largest absolute Gasteiger partial charge is 0.330 e. The van der Waals surface area contributed by atoms with Crippen molar-refractivity contribution in [3.8, 4) is 0 Å². The smallest absolute Gasteiger partial charge is 0.00257 e. The van der Waals surface area contributed by atoms with E-state index in [-0.39, 0.29) is 5.41 Å². The SMILES string of the molecule is Cc1ccc(CCC(C)(C)CN)cc1C. The lowest BCUT2D eigenvalue weighted by Gasteiger charge is -2.22. The van der Waals surface area contributed by atoms with Crippen LogP contribution in [0.4, 0.5) is 0 Å². The molecule has 1 nitrogen and oxygen atoms in total. The fourth-order valence-corrected chi connectivity index (χ4v) is 1.54. The minimum atomic E-state index is 0.263. The van der Waals surface area contributed by atoms with Crippen LogP contribution in [0.2, 0.25) is 0 Å². The molecular formula is C14H23N. The van der Waals surface area contributed by atoms with Crippen LogP contribution in [-0.2, 0) is 6.42 Å². The molecule has 0 aliphatic carbocycles. The van der Waals surface area contributed by atoms with Crippen LogP contribution in [0.5, 0.6) is 0 Å². The molecule has 0 unspecified atom stereocenters. The molecule has 0 atom stereocenters. The fraction of sp³-hybridized carbons (Fsp3) is 0.571. The fourth-order valence-electron chi connectivity index (χ4n) is 1.54. The molecular weight excluding hydrogens is 182 g/mol. The van der Waals surface area contributed by atoms with Gasteiger partial charge in [-0.25, -0.2) is 0 Å². The number of benzene rings is 1. The van der Waals surface area contributed by atoms with E-state index in [1.54, 1.807) is 0 Å². The molecule has 1 rings (SSSR count). The Balaban J connectivity index is 2.62. The standard InChI is InChI=1S/C14H23N/c1-11-5-6-13(9-12(11)2)7-8-14(3,4)10-15/h5-6,9H,7-8,10,15H2,1-4H3. The van der Waals surface area contributed by atoms with Gasteiger partial charge in [0.05, 0.1) is 0 Å². The second kappa shape index (κ2) is 4.80. The lowest BCUT2D eigenvalue weighted by molar-refractivity contribution is 0.348. The second-order valence-electron chi connectivity index (χ2n) is 5.29. The van der Waals surface area contributed by atoms with E-state index in [1.807, 2.05) is 0 Å². The van der Waals surface area contributed by atoms with E-state index in [2.05, 4.69) is 45.9 Å². The molecule has 0 bridgehead atoms. The third kappa shape index (κ3) is 3.67. The Morgan fingerprint density at radius 2 is 1.80 bits per heavy atom. The quantitative estimate of drug-likeness (QED) is 0.802. The molecule has 2 N–H and O–H groups in total. The Hall–Kier alpha value is -0.820. The number of rotatable bonds is 4. The predicted octanol–water partition coefficient (Wildman–Crippen LogP) is 3.22. The van der Waals surface area contributed by atoms with Crippen molar-refractivity contribution in [3.05, 3.63) is 34.9 Å². The molecule has 0 aliphatic heterocycles. The summed E-state index contributed by atoms with van der Waals surface area (Å²) in [5, 5.41) is 0. The topological polar surface area (TPSA) is 26.0 Å². The van der Waals surface area contributed by atoms with Gasteiger partial charge in [-0.2, -0.15) is 0 Å². The third-order valence-corrected chi connectivity index (χ3v) is 3.21. The Kier molecular flexibility index (Phi) is 3.92. The molecule has 1 aromatic carbocycles. The van der Waals surface area contributed by atoms with Crippen molar-refractivity contribution in [2.24, 2.45) is 11.1 Å². The zero-order valence-corrected chi connectivity index (χ0v) is 10.4. The summed E-state index contributed by atoms with van der Waals surface area (Å²) in [6, 6.07) is 6.73. The van der Waals surface area contributed by atoms with Gasteiger partial charge in [-0.1, -0.05) is 32.0 Å². The van der Waals surface area contributed by atoms with E-state index >= 15 is 0 Å². The second-order valence-corrected chi connectivity index (χ2v) is 5.29.